The number of hydrogen-bond donors (Lipinski definition) is 1. The minimum absolute atomic E-state index is 0.160. The Labute approximate surface area is 157 Å². The molecule has 0 aliphatic heterocycles. The molecule has 1 N–H and O–H groups in total. The van der Waals surface area contributed by atoms with Gasteiger partial charge in [-0.2, -0.15) is 13.2 Å². The third-order valence-corrected chi connectivity index (χ3v) is 3.96. The van der Waals surface area contributed by atoms with Crippen molar-refractivity contribution in [1.82, 2.24) is 15.3 Å². The summed E-state index contributed by atoms with van der Waals surface area (Å²) in [6.07, 6.45) is -1.15. The van der Waals surface area contributed by atoms with Gasteiger partial charge in [0.05, 0.1) is 24.1 Å². The summed E-state index contributed by atoms with van der Waals surface area (Å²) in [6.45, 7) is 8.83. The van der Waals surface area contributed by atoms with Crippen LogP contribution < -0.4 is 10.1 Å². The van der Waals surface area contributed by atoms with Gasteiger partial charge in [0.25, 0.3) is 0 Å². The van der Waals surface area contributed by atoms with Crippen molar-refractivity contribution in [2.24, 2.45) is 0 Å². The molecule has 146 valence electrons. The van der Waals surface area contributed by atoms with Gasteiger partial charge < -0.3 is 10.1 Å². The molecule has 0 aliphatic rings. The molecule has 2 aromatic rings. The summed E-state index contributed by atoms with van der Waals surface area (Å²) >= 11 is 0. The monoisotopic (exact) mass is 379 g/mol. The van der Waals surface area contributed by atoms with Crippen molar-refractivity contribution in [3.63, 3.8) is 0 Å². The lowest BCUT2D eigenvalue weighted by atomic mass is 10.0. The fourth-order valence-electron chi connectivity index (χ4n) is 2.48. The number of rotatable bonds is 8. The Hall–Kier alpha value is -2.57. The van der Waals surface area contributed by atoms with Crippen molar-refractivity contribution < 1.29 is 17.9 Å². The van der Waals surface area contributed by atoms with Crippen LogP contribution >= 0.6 is 0 Å². The van der Waals surface area contributed by atoms with Gasteiger partial charge in [-0.25, -0.2) is 4.98 Å². The first-order valence-electron chi connectivity index (χ1n) is 8.68. The normalized spacial score (nSPS) is 12.7. The lowest BCUT2D eigenvalue weighted by Gasteiger charge is -2.17. The number of nitrogens with zero attached hydrogens (tertiary/aromatic N) is 2. The first kappa shape index (κ1) is 20.7. The standard InChI is InChI=1S/C20H24F3N3O/c1-13(2)17-7-5-16(6-8-17)9-14(3)26-15(4)18-10-25-19(11-24-18)27-12-20(21,22)23/h5-8,10-11,13,15,26H,3,9,12H2,1-2,4H3. The second-order valence-corrected chi connectivity index (χ2v) is 6.73. The SMILES string of the molecule is C=C(Cc1ccc(C(C)C)cc1)NC(C)c1cnc(OCC(F)(F)F)cn1. The number of allylic oxidation sites excluding steroid dienone is 1. The Morgan fingerprint density at radius 3 is 2.30 bits per heavy atom. The van der Waals surface area contributed by atoms with Gasteiger partial charge >= 0.3 is 6.18 Å². The molecule has 7 heteroatoms. The lowest BCUT2D eigenvalue weighted by Crippen LogP contribution is -2.21. The molecular weight excluding hydrogens is 355 g/mol. The van der Waals surface area contributed by atoms with Crippen LogP contribution in [0.25, 0.3) is 0 Å². The summed E-state index contributed by atoms with van der Waals surface area (Å²) < 4.78 is 41.0. The molecule has 1 atom stereocenters. The Bertz CT molecular complexity index is 741. The average Bonchev–Trinajstić information content (AvgIpc) is 2.60. The van der Waals surface area contributed by atoms with Crippen LogP contribution in [-0.2, 0) is 6.42 Å². The molecule has 0 spiro atoms. The molecule has 2 rings (SSSR count). The highest BCUT2D eigenvalue weighted by molar-refractivity contribution is 5.27. The van der Waals surface area contributed by atoms with Gasteiger partial charge in [0.2, 0.25) is 5.88 Å². The smallest absolute Gasteiger partial charge is 0.422 e. The molecule has 0 amide bonds. The third-order valence-electron chi connectivity index (χ3n) is 3.96. The molecule has 1 aromatic heterocycles. The number of nitrogens with one attached hydrogen (secondary N) is 1. The molecule has 0 saturated carbocycles. The van der Waals surface area contributed by atoms with Crippen molar-refractivity contribution >= 4 is 0 Å². The molecule has 1 heterocycles. The molecule has 1 unspecified atom stereocenters. The summed E-state index contributed by atoms with van der Waals surface area (Å²) in [7, 11) is 0. The molecule has 0 bridgehead atoms. The predicted molar refractivity (Wildman–Crippen MR) is 98.5 cm³/mol. The van der Waals surface area contributed by atoms with E-state index in [1.807, 2.05) is 6.92 Å². The highest BCUT2D eigenvalue weighted by atomic mass is 19.4. The van der Waals surface area contributed by atoms with Crippen LogP contribution in [0.4, 0.5) is 13.2 Å². The van der Waals surface area contributed by atoms with Crippen LogP contribution in [0.5, 0.6) is 5.88 Å². The summed E-state index contributed by atoms with van der Waals surface area (Å²) in [4.78, 5) is 7.98. The van der Waals surface area contributed by atoms with Crippen LogP contribution in [-0.4, -0.2) is 22.8 Å². The van der Waals surface area contributed by atoms with E-state index in [2.05, 4.69) is 64.7 Å². The Balaban J connectivity index is 1.88. The number of benzene rings is 1. The van der Waals surface area contributed by atoms with Crippen LogP contribution in [0.3, 0.4) is 0 Å². The molecule has 0 fully saturated rings. The zero-order valence-corrected chi connectivity index (χ0v) is 15.7. The maximum absolute atomic E-state index is 12.1. The Morgan fingerprint density at radius 2 is 1.78 bits per heavy atom. The fourth-order valence-corrected chi connectivity index (χ4v) is 2.48. The minimum Gasteiger partial charge on any atom is -0.467 e. The van der Waals surface area contributed by atoms with Crippen LogP contribution in [0.2, 0.25) is 0 Å². The van der Waals surface area contributed by atoms with E-state index in [9.17, 15) is 13.2 Å². The van der Waals surface area contributed by atoms with Gasteiger partial charge in [0.15, 0.2) is 6.61 Å². The maximum atomic E-state index is 12.1. The summed E-state index contributed by atoms with van der Waals surface area (Å²) in [5.74, 6) is 0.328. The highest BCUT2D eigenvalue weighted by Gasteiger charge is 2.28. The van der Waals surface area contributed by atoms with Gasteiger partial charge in [-0.15, -0.1) is 0 Å². The van der Waals surface area contributed by atoms with E-state index in [-0.39, 0.29) is 11.9 Å². The van der Waals surface area contributed by atoms with Gasteiger partial charge in [-0.1, -0.05) is 44.7 Å². The number of alkyl halides is 3. The molecule has 1 aromatic carbocycles. The minimum atomic E-state index is -4.40. The Morgan fingerprint density at radius 1 is 1.11 bits per heavy atom. The largest absolute Gasteiger partial charge is 0.467 e. The van der Waals surface area contributed by atoms with E-state index in [0.29, 0.717) is 18.0 Å². The third kappa shape index (κ3) is 6.92. The average molecular weight is 379 g/mol. The van der Waals surface area contributed by atoms with Crippen molar-refractivity contribution in [2.75, 3.05) is 6.61 Å². The molecule has 27 heavy (non-hydrogen) atoms. The zero-order valence-electron chi connectivity index (χ0n) is 15.7. The van der Waals surface area contributed by atoms with Gasteiger partial charge in [0.1, 0.15) is 0 Å². The van der Waals surface area contributed by atoms with Gasteiger partial charge in [-0.3, -0.25) is 4.98 Å². The van der Waals surface area contributed by atoms with E-state index in [4.69, 9.17) is 0 Å². The van der Waals surface area contributed by atoms with E-state index in [1.165, 1.54) is 18.0 Å². The molecular formula is C20H24F3N3O. The molecule has 0 saturated heterocycles. The molecule has 0 aliphatic carbocycles. The maximum Gasteiger partial charge on any atom is 0.422 e. The van der Waals surface area contributed by atoms with Gasteiger partial charge in [-0.05, 0) is 24.0 Å². The number of aromatic nitrogens is 2. The lowest BCUT2D eigenvalue weighted by molar-refractivity contribution is -0.154. The van der Waals surface area contributed by atoms with Crippen LogP contribution in [0.15, 0.2) is 48.9 Å². The Kier molecular flexibility index (Phi) is 6.82. The quantitative estimate of drug-likeness (QED) is 0.705. The first-order chi connectivity index (χ1) is 12.6. The van der Waals surface area contributed by atoms with Crippen molar-refractivity contribution in [3.05, 3.63) is 65.8 Å². The van der Waals surface area contributed by atoms with Crippen molar-refractivity contribution in [1.29, 1.82) is 0 Å². The fraction of sp³-hybridized carbons (Fsp3) is 0.400. The number of ether oxygens (including phenoxy) is 1. The van der Waals surface area contributed by atoms with Crippen molar-refractivity contribution in [2.45, 2.75) is 45.3 Å². The van der Waals surface area contributed by atoms with E-state index in [1.54, 1.807) is 0 Å². The van der Waals surface area contributed by atoms with E-state index in [0.717, 1.165) is 11.3 Å². The summed E-state index contributed by atoms with van der Waals surface area (Å²) in [5, 5.41) is 3.24. The summed E-state index contributed by atoms with van der Waals surface area (Å²) in [6, 6.07) is 8.21. The summed E-state index contributed by atoms with van der Waals surface area (Å²) in [5.41, 5.74) is 3.84. The number of halogens is 3. The second kappa shape index (κ2) is 8.88. The van der Waals surface area contributed by atoms with Crippen LogP contribution in [0.1, 0.15) is 49.6 Å². The van der Waals surface area contributed by atoms with E-state index < -0.39 is 12.8 Å². The van der Waals surface area contributed by atoms with E-state index >= 15 is 0 Å². The number of hydrogen-bond acceptors (Lipinski definition) is 4. The molecule has 0 radical (unpaired) electrons. The second-order valence-electron chi connectivity index (χ2n) is 6.73. The van der Waals surface area contributed by atoms with Crippen LogP contribution in [0, 0.1) is 0 Å². The molecule has 4 nitrogen and oxygen atoms in total. The van der Waals surface area contributed by atoms with Crippen molar-refractivity contribution in [3.8, 4) is 5.88 Å². The topological polar surface area (TPSA) is 47.0 Å². The zero-order chi connectivity index (χ0) is 20.0. The van der Waals surface area contributed by atoms with Gasteiger partial charge in [0, 0.05) is 12.1 Å². The first-order valence-corrected chi connectivity index (χ1v) is 8.68. The predicted octanol–water partition coefficient (Wildman–Crippen LogP) is 4.95. The highest BCUT2D eigenvalue weighted by Crippen LogP contribution is 2.19.